The Bertz CT molecular complexity index is 534. The van der Waals surface area contributed by atoms with Gasteiger partial charge in [-0.05, 0) is 18.1 Å². The van der Waals surface area contributed by atoms with Crippen molar-refractivity contribution in [3.63, 3.8) is 0 Å². The molecule has 0 aliphatic rings. The van der Waals surface area contributed by atoms with Gasteiger partial charge in [0.15, 0.2) is 0 Å². The minimum atomic E-state index is 0.0895. The number of nitrogens with zero attached hydrogens (tertiary/aromatic N) is 1. The van der Waals surface area contributed by atoms with Crippen molar-refractivity contribution >= 4 is 0 Å². The minimum Gasteiger partial charge on any atom is -0.392 e. The van der Waals surface area contributed by atoms with Crippen molar-refractivity contribution in [1.82, 2.24) is 15.3 Å². The van der Waals surface area contributed by atoms with E-state index >= 15 is 0 Å². The van der Waals surface area contributed by atoms with E-state index in [1.165, 1.54) is 5.56 Å². The van der Waals surface area contributed by atoms with Crippen LogP contribution >= 0.6 is 0 Å². The number of aliphatic hydroxyl groups is 1. The molecule has 0 spiro atoms. The van der Waals surface area contributed by atoms with Crippen molar-refractivity contribution in [2.75, 3.05) is 0 Å². The second-order valence-electron chi connectivity index (χ2n) is 4.69. The minimum absolute atomic E-state index is 0.0895. The molecule has 4 heteroatoms. The van der Waals surface area contributed by atoms with Crippen LogP contribution < -0.4 is 5.32 Å². The van der Waals surface area contributed by atoms with Crippen molar-refractivity contribution in [3.05, 3.63) is 52.6 Å². The lowest BCUT2D eigenvalue weighted by Gasteiger charge is -2.05. The summed E-state index contributed by atoms with van der Waals surface area (Å²) in [7, 11) is 0. The zero-order valence-corrected chi connectivity index (χ0v) is 11.5. The lowest BCUT2D eigenvalue weighted by Crippen LogP contribution is -2.13. The van der Waals surface area contributed by atoms with Gasteiger partial charge in [0.25, 0.3) is 0 Å². The van der Waals surface area contributed by atoms with Crippen molar-refractivity contribution in [2.24, 2.45) is 0 Å². The zero-order chi connectivity index (χ0) is 13.7. The fourth-order valence-electron chi connectivity index (χ4n) is 2.07. The van der Waals surface area contributed by atoms with E-state index in [1.54, 1.807) is 0 Å². The Morgan fingerprint density at radius 3 is 2.74 bits per heavy atom. The lowest BCUT2D eigenvalue weighted by atomic mass is 10.1. The summed E-state index contributed by atoms with van der Waals surface area (Å²) in [6.07, 6.45) is 0.930. The third-order valence-electron chi connectivity index (χ3n) is 3.17. The molecular formula is C15H21N3O. The van der Waals surface area contributed by atoms with Gasteiger partial charge < -0.3 is 15.4 Å². The topological polar surface area (TPSA) is 60.9 Å². The third-order valence-corrected chi connectivity index (χ3v) is 3.17. The number of hydrogen-bond donors (Lipinski definition) is 3. The molecule has 0 atom stereocenters. The molecule has 0 unspecified atom stereocenters. The van der Waals surface area contributed by atoms with E-state index in [0.29, 0.717) is 0 Å². The number of nitrogens with one attached hydrogen (secondary N) is 2. The van der Waals surface area contributed by atoms with Crippen LogP contribution in [0, 0.1) is 6.92 Å². The standard InChI is InChI=1S/C15H21N3O/c1-3-15-17-11(2)14(18-15)9-16-8-12-5-4-6-13(7-12)10-19/h4-7,16,19H,3,8-10H2,1-2H3,(H,17,18). The zero-order valence-electron chi connectivity index (χ0n) is 11.5. The van der Waals surface area contributed by atoms with Crippen molar-refractivity contribution in [3.8, 4) is 0 Å². The van der Waals surface area contributed by atoms with Crippen LogP contribution in [-0.2, 0) is 26.1 Å². The van der Waals surface area contributed by atoms with Crippen molar-refractivity contribution in [1.29, 1.82) is 0 Å². The predicted octanol–water partition coefficient (Wildman–Crippen LogP) is 2.06. The molecule has 19 heavy (non-hydrogen) atoms. The van der Waals surface area contributed by atoms with Crippen molar-refractivity contribution < 1.29 is 5.11 Å². The summed E-state index contributed by atoms with van der Waals surface area (Å²) in [5, 5.41) is 12.5. The Hall–Kier alpha value is -1.65. The molecular weight excluding hydrogens is 238 g/mol. The maximum absolute atomic E-state index is 9.10. The molecule has 0 bridgehead atoms. The number of benzene rings is 1. The quantitative estimate of drug-likeness (QED) is 0.744. The Morgan fingerprint density at radius 1 is 1.26 bits per heavy atom. The van der Waals surface area contributed by atoms with E-state index in [-0.39, 0.29) is 6.61 Å². The summed E-state index contributed by atoms with van der Waals surface area (Å²) in [4.78, 5) is 7.81. The molecule has 0 saturated heterocycles. The van der Waals surface area contributed by atoms with E-state index < -0.39 is 0 Å². The van der Waals surface area contributed by atoms with Gasteiger partial charge in [0, 0.05) is 25.2 Å². The van der Waals surface area contributed by atoms with Gasteiger partial charge in [0.2, 0.25) is 0 Å². The maximum Gasteiger partial charge on any atom is 0.106 e. The summed E-state index contributed by atoms with van der Waals surface area (Å²) in [5.74, 6) is 1.04. The van der Waals surface area contributed by atoms with Crippen LogP contribution in [0.1, 0.15) is 35.3 Å². The molecule has 0 radical (unpaired) electrons. The second kappa shape index (κ2) is 6.50. The van der Waals surface area contributed by atoms with Crippen LogP contribution in [0.2, 0.25) is 0 Å². The molecule has 0 aliphatic carbocycles. The highest BCUT2D eigenvalue weighted by atomic mass is 16.3. The van der Waals surface area contributed by atoms with E-state index in [4.69, 9.17) is 5.11 Å². The summed E-state index contributed by atoms with van der Waals surface area (Å²) < 4.78 is 0. The normalized spacial score (nSPS) is 10.9. The van der Waals surface area contributed by atoms with E-state index in [0.717, 1.165) is 42.3 Å². The van der Waals surface area contributed by atoms with Crippen LogP contribution in [0.25, 0.3) is 0 Å². The first-order valence-corrected chi connectivity index (χ1v) is 6.66. The molecule has 4 nitrogen and oxygen atoms in total. The average Bonchev–Trinajstić information content (AvgIpc) is 2.80. The molecule has 3 N–H and O–H groups in total. The highest BCUT2D eigenvalue weighted by Crippen LogP contribution is 2.07. The first-order valence-electron chi connectivity index (χ1n) is 6.66. The monoisotopic (exact) mass is 259 g/mol. The van der Waals surface area contributed by atoms with Gasteiger partial charge in [0.05, 0.1) is 12.3 Å². The first kappa shape index (κ1) is 13.8. The van der Waals surface area contributed by atoms with E-state index in [9.17, 15) is 0 Å². The summed E-state index contributed by atoms with van der Waals surface area (Å²) in [6.45, 7) is 5.77. The highest BCUT2D eigenvalue weighted by molar-refractivity contribution is 5.23. The lowest BCUT2D eigenvalue weighted by molar-refractivity contribution is 0.281. The van der Waals surface area contributed by atoms with Gasteiger partial charge >= 0.3 is 0 Å². The SMILES string of the molecule is CCc1nc(CNCc2cccc(CO)c2)c(C)[nH]1. The molecule has 0 fully saturated rings. The Balaban J connectivity index is 1.90. The number of aromatic nitrogens is 2. The van der Waals surface area contributed by atoms with Gasteiger partial charge in [-0.15, -0.1) is 0 Å². The van der Waals surface area contributed by atoms with Gasteiger partial charge in [0.1, 0.15) is 5.82 Å². The van der Waals surface area contributed by atoms with Crippen LogP contribution in [0.4, 0.5) is 0 Å². The predicted molar refractivity (Wildman–Crippen MR) is 75.6 cm³/mol. The fraction of sp³-hybridized carbons (Fsp3) is 0.400. The Kier molecular flexibility index (Phi) is 4.71. The molecule has 1 aromatic heterocycles. The summed E-state index contributed by atoms with van der Waals surface area (Å²) in [6, 6.07) is 7.97. The van der Waals surface area contributed by atoms with Crippen LogP contribution in [0.15, 0.2) is 24.3 Å². The van der Waals surface area contributed by atoms with Gasteiger partial charge in [-0.3, -0.25) is 0 Å². The number of H-pyrrole nitrogens is 1. The number of aryl methyl sites for hydroxylation is 2. The Labute approximate surface area is 113 Å². The molecule has 102 valence electrons. The smallest absolute Gasteiger partial charge is 0.106 e. The highest BCUT2D eigenvalue weighted by Gasteiger charge is 2.04. The summed E-state index contributed by atoms with van der Waals surface area (Å²) >= 11 is 0. The average molecular weight is 259 g/mol. The molecule has 0 amide bonds. The molecule has 1 heterocycles. The molecule has 2 aromatic rings. The molecule has 1 aromatic carbocycles. The van der Waals surface area contributed by atoms with Crippen LogP contribution in [0.5, 0.6) is 0 Å². The largest absolute Gasteiger partial charge is 0.392 e. The Morgan fingerprint density at radius 2 is 2.05 bits per heavy atom. The number of hydrogen-bond acceptors (Lipinski definition) is 3. The van der Waals surface area contributed by atoms with Crippen molar-refractivity contribution in [2.45, 2.75) is 40.0 Å². The van der Waals surface area contributed by atoms with Crippen LogP contribution in [0.3, 0.4) is 0 Å². The fourth-order valence-corrected chi connectivity index (χ4v) is 2.07. The molecule has 0 saturated carbocycles. The first-order chi connectivity index (χ1) is 9.22. The summed E-state index contributed by atoms with van der Waals surface area (Å²) in [5.41, 5.74) is 4.34. The molecule has 0 aliphatic heterocycles. The van der Waals surface area contributed by atoms with Gasteiger partial charge in [-0.2, -0.15) is 0 Å². The molecule has 2 rings (SSSR count). The van der Waals surface area contributed by atoms with E-state index in [1.807, 2.05) is 18.2 Å². The number of rotatable bonds is 6. The van der Waals surface area contributed by atoms with Gasteiger partial charge in [-0.25, -0.2) is 4.98 Å². The number of aliphatic hydroxyl groups excluding tert-OH is 1. The third kappa shape index (κ3) is 3.66. The van der Waals surface area contributed by atoms with E-state index in [2.05, 4.69) is 35.2 Å². The maximum atomic E-state index is 9.10. The number of aromatic amines is 1. The van der Waals surface area contributed by atoms with Gasteiger partial charge in [-0.1, -0.05) is 31.2 Å². The van der Waals surface area contributed by atoms with Crippen LogP contribution in [-0.4, -0.2) is 15.1 Å². The number of imidazole rings is 1. The second-order valence-corrected chi connectivity index (χ2v) is 4.69.